The molecule has 0 N–H and O–H groups in total. The molecule has 19 heavy (non-hydrogen) atoms. The molecule has 0 spiro atoms. The Kier molecular flexibility index (Phi) is 3.42. The molecule has 0 amide bonds. The Morgan fingerprint density at radius 2 is 2.11 bits per heavy atom. The van der Waals surface area contributed by atoms with E-state index in [2.05, 4.69) is 24.8 Å². The molecule has 0 saturated heterocycles. The van der Waals surface area contributed by atoms with Gasteiger partial charge in [0.1, 0.15) is 0 Å². The molecule has 2 aromatic rings. The zero-order chi connectivity index (χ0) is 13.4. The lowest BCUT2D eigenvalue weighted by molar-refractivity contribution is 0.227. The van der Waals surface area contributed by atoms with Crippen LogP contribution in [0.25, 0.3) is 10.1 Å². The molecule has 2 heterocycles. The molecule has 3 rings (SSSR count). The summed E-state index contributed by atoms with van der Waals surface area (Å²) in [6.07, 6.45) is 1.02. The molecule has 0 aliphatic carbocycles. The number of fused-ring (bicyclic) bond motifs is 2. The largest absolute Gasteiger partial charge is 0.298 e. The highest BCUT2D eigenvalue weighted by Crippen LogP contribution is 2.26. The Labute approximate surface area is 117 Å². The number of hydrogen-bond donors (Lipinski definition) is 0. The quantitative estimate of drug-likeness (QED) is 0.837. The van der Waals surface area contributed by atoms with Crippen LogP contribution < -0.4 is 5.43 Å². The molecular weight excluding hydrogens is 254 g/mol. The van der Waals surface area contributed by atoms with E-state index in [0.717, 1.165) is 41.7 Å². The summed E-state index contributed by atoms with van der Waals surface area (Å²) in [4.78, 5) is 16.3. The van der Waals surface area contributed by atoms with E-state index < -0.39 is 0 Å². The fourth-order valence-electron chi connectivity index (χ4n) is 2.82. The summed E-state index contributed by atoms with van der Waals surface area (Å²) >= 11 is 1.80. The van der Waals surface area contributed by atoms with Gasteiger partial charge in [-0.05, 0) is 24.5 Å². The molecule has 0 bridgehead atoms. The third-order valence-corrected chi connectivity index (χ3v) is 4.91. The van der Waals surface area contributed by atoms with Gasteiger partial charge < -0.3 is 0 Å². The topological polar surface area (TPSA) is 20.3 Å². The van der Waals surface area contributed by atoms with Gasteiger partial charge in [0.25, 0.3) is 0 Å². The Morgan fingerprint density at radius 1 is 1.32 bits per heavy atom. The molecule has 2 nitrogen and oxygen atoms in total. The van der Waals surface area contributed by atoms with E-state index >= 15 is 0 Å². The molecule has 1 aliphatic heterocycles. The minimum atomic E-state index is 0.248. The monoisotopic (exact) mass is 273 g/mol. The average molecular weight is 273 g/mol. The first-order chi connectivity index (χ1) is 9.15. The van der Waals surface area contributed by atoms with Crippen molar-refractivity contribution in [2.24, 2.45) is 5.92 Å². The van der Waals surface area contributed by atoms with Gasteiger partial charge in [-0.2, -0.15) is 0 Å². The van der Waals surface area contributed by atoms with Gasteiger partial charge >= 0.3 is 0 Å². The van der Waals surface area contributed by atoms with Crippen molar-refractivity contribution in [1.82, 2.24) is 4.90 Å². The van der Waals surface area contributed by atoms with Crippen molar-refractivity contribution in [3.8, 4) is 0 Å². The van der Waals surface area contributed by atoms with Crippen LogP contribution in [0.15, 0.2) is 29.1 Å². The summed E-state index contributed by atoms with van der Waals surface area (Å²) in [5, 5.41) is 0.887. The molecule has 1 aromatic heterocycles. The van der Waals surface area contributed by atoms with Crippen LogP contribution in [-0.4, -0.2) is 18.0 Å². The maximum atomic E-state index is 12.6. The molecule has 0 atom stereocenters. The molecule has 100 valence electrons. The van der Waals surface area contributed by atoms with Crippen LogP contribution in [0.5, 0.6) is 0 Å². The first-order valence-electron chi connectivity index (χ1n) is 6.91. The van der Waals surface area contributed by atoms with Crippen LogP contribution in [0, 0.1) is 5.92 Å². The second-order valence-electron chi connectivity index (χ2n) is 5.71. The van der Waals surface area contributed by atoms with Crippen molar-refractivity contribution in [2.75, 3.05) is 13.1 Å². The molecule has 3 heteroatoms. The van der Waals surface area contributed by atoms with Crippen molar-refractivity contribution in [3.63, 3.8) is 0 Å². The fraction of sp³-hybridized carbons (Fsp3) is 0.438. The number of benzene rings is 1. The van der Waals surface area contributed by atoms with Crippen LogP contribution in [0.4, 0.5) is 0 Å². The molecule has 0 radical (unpaired) electrons. The van der Waals surface area contributed by atoms with Crippen LogP contribution in [0.3, 0.4) is 0 Å². The van der Waals surface area contributed by atoms with E-state index in [4.69, 9.17) is 0 Å². The highest BCUT2D eigenvalue weighted by molar-refractivity contribution is 7.18. The summed E-state index contributed by atoms with van der Waals surface area (Å²) in [6.45, 7) is 7.46. The lowest BCUT2D eigenvalue weighted by Gasteiger charge is -2.29. The van der Waals surface area contributed by atoms with Gasteiger partial charge in [0.05, 0.1) is 0 Å². The Morgan fingerprint density at radius 3 is 2.89 bits per heavy atom. The minimum Gasteiger partial charge on any atom is -0.298 e. The predicted molar refractivity (Wildman–Crippen MR) is 81.9 cm³/mol. The number of nitrogens with zero attached hydrogens (tertiary/aromatic N) is 1. The maximum Gasteiger partial charge on any atom is 0.192 e. The van der Waals surface area contributed by atoms with Gasteiger partial charge in [-0.1, -0.05) is 26.0 Å². The van der Waals surface area contributed by atoms with Crippen LogP contribution >= 0.6 is 11.3 Å². The van der Waals surface area contributed by atoms with Crippen molar-refractivity contribution in [3.05, 3.63) is 44.9 Å². The molecule has 0 saturated carbocycles. The van der Waals surface area contributed by atoms with Gasteiger partial charge in [0.2, 0.25) is 0 Å². The Balaban J connectivity index is 2.04. The van der Waals surface area contributed by atoms with Crippen LogP contribution in [-0.2, 0) is 13.0 Å². The average Bonchev–Trinajstić information content (AvgIpc) is 2.39. The van der Waals surface area contributed by atoms with Crippen molar-refractivity contribution in [1.29, 1.82) is 0 Å². The van der Waals surface area contributed by atoms with Gasteiger partial charge in [0, 0.05) is 40.2 Å². The number of rotatable bonds is 2. The van der Waals surface area contributed by atoms with Crippen LogP contribution in [0.1, 0.15) is 24.3 Å². The first kappa shape index (κ1) is 12.8. The molecule has 1 aliphatic rings. The van der Waals surface area contributed by atoms with E-state index in [1.807, 2.05) is 18.2 Å². The van der Waals surface area contributed by atoms with Gasteiger partial charge in [-0.15, -0.1) is 11.3 Å². The lowest BCUT2D eigenvalue weighted by atomic mass is 10.1. The summed E-state index contributed by atoms with van der Waals surface area (Å²) in [7, 11) is 0. The Bertz CT molecular complexity index is 659. The SMILES string of the molecule is CC(C)CN1CCc2sc3ccccc3c(=O)c2C1. The van der Waals surface area contributed by atoms with Gasteiger partial charge in [-0.3, -0.25) is 9.69 Å². The molecular formula is C16H19NOS. The molecule has 0 fully saturated rings. The summed E-state index contributed by atoms with van der Waals surface area (Å²) < 4.78 is 1.13. The van der Waals surface area contributed by atoms with Crippen LogP contribution in [0.2, 0.25) is 0 Å². The van der Waals surface area contributed by atoms with Gasteiger partial charge in [-0.25, -0.2) is 0 Å². The zero-order valence-corrected chi connectivity index (χ0v) is 12.3. The van der Waals surface area contributed by atoms with Crippen molar-refractivity contribution in [2.45, 2.75) is 26.8 Å². The third kappa shape index (κ3) is 2.45. The summed E-state index contributed by atoms with van der Waals surface area (Å²) in [6, 6.07) is 7.98. The predicted octanol–water partition coefficient (Wildman–Crippen LogP) is 3.28. The number of hydrogen-bond acceptors (Lipinski definition) is 3. The Hall–Kier alpha value is -1.19. The second-order valence-corrected chi connectivity index (χ2v) is 6.84. The molecule has 0 unspecified atom stereocenters. The minimum absolute atomic E-state index is 0.248. The smallest absolute Gasteiger partial charge is 0.192 e. The first-order valence-corrected chi connectivity index (χ1v) is 7.72. The van der Waals surface area contributed by atoms with Crippen molar-refractivity contribution >= 4 is 21.4 Å². The standard InChI is InChI=1S/C16H19NOS/c1-11(2)9-17-8-7-15-13(10-17)16(18)12-5-3-4-6-14(12)19-15/h3-6,11H,7-10H2,1-2H3. The fourth-order valence-corrected chi connectivity index (χ4v) is 3.98. The van der Waals surface area contributed by atoms with E-state index in [-0.39, 0.29) is 5.43 Å². The highest BCUT2D eigenvalue weighted by atomic mass is 32.1. The second kappa shape index (κ2) is 5.06. The summed E-state index contributed by atoms with van der Waals surface area (Å²) in [5.74, 6) is 0.654. The lowest BCUT2D eigenvalue weighted by Crippen LogP contribution is -2.35. The van der Waals surface area contributed by atoms with Gasteiger partial charge in [0.15, 0.2) is 5.43 Å². The highest BCUT2D eigenvalue weighted by Gasteiger charge is 2.21. The maximum absolute atomic E-state index is 12.6. The van der Waals surface area contributed by atoms with Crippen molar-refractivity contribution < 1.29 is 0 Å². The van der Waals surface area contributed by atoms with E-state index in [0.29, 0.717) is 5.92 Å². The van der Waals surface area contributed by atoms with E-state index in [9.17, 15) is 4.79 Å². The normalized spacial score (nSPS) is 15.9. The van der Waals surface area contributed by atoms with E-state index in [1.54, 1.807) is 11.3 Å². The summed E-state index contributed by atoms with van der Waals surface area (Å²) in [5.41, 5.74) is 1.29. The molecule has 1 aromatic carbocycles. The zero-order valence-electron chi connectivity index (χ0n) is 11.5. The van der Waals surface area contributed by atoms with E-state index in [1.165, 1.54) is 4.88 Å². The third-order valence-electron chi connectivity index (χ3n) is 3.64.